The molecule has 1 unspecified atom stereocenters. The normalized spacial score (nSPS) is 12.9. The van der Waals surface area contributed by atoms with Gasteiger partial charge in [-0.1, -0.05) is 41.4 Å². The van der Waals surface area contributed by atoms with E-state index in [9.17, 15) is 0 Å². The van der Waals surface area contributed by atoms with Gasteiger partial charge in [-0.05, 0) is 43.3 Å². The van der Waals surface area contributed by atoms with Crippen LogP contribution in [0.4, 0.5) is 0 Å². The van der Waals surface area contributed by atoms with Crippen LogP contribution < -0.4 is 5.32 Å². The van der Waals surface area contributed by atoms with E-state index in [1.54, 1.807) is 0 Å². The Morgan fingerprint density at radius 2 is 1.95 bits per heavy atom. The quantitative estimate of drug-likeness (QED) is 0.734. The van der Waals surface area contributed by atoms with Crippen molar-refractivity contribution in [1.82, 2.24) is 5.32 Å². The van der Waals surface area contributed by atoms with E-state index in [1.807, 2.05) is 36.6 Å². The van der Waals surface area contributed by atoms with E-state index in [1.165, 1.54) is 9.75 Å². The molecule has 0 fully saturated rings. The van der Waals surface area contributed by atoms with E-state index >= 15 is 0 Å². The average molecular weight is 359 g/mol. The first-order chi connectivity index (χ1) is 9.02. The Hall–Kier alpha value is -0.350. The van der Waals surface area contributed by atoms with Crippen LogP contribution in [0.1, 0.15) is 24.8 Å². The summed E-state index contributed by atoms with van der Waals surface area (Å²) < 4.78 is 1.08. The van der Waals surface area contributed by atoms with Crippen molar-refractivity contribution in [2.24, 2.45) is 5.92 Å². The number of halogens is 2. The number of nitrogens with one attached hydrogen (secondary N) is 1. The topological polar surface area (TPSA) is 12.0 Å². The van der Waals surface area contributed by atoms with E-state index in [0.717, 1.165) is 15.1 Å². The summed E-state index contributed by atoms with van der Waals surface area (Å²) in [5.41, 5.74) is 1.15. The maximum atomic E-state index is 6.09. The van der Waals surface area contributed by atoms with Gasteiger partial charge in [0.25, 0.3) is 0 Å². The van der Waals surface area contributed by atoms with Gasteiger partial charge in [0.15, 0.2) is 0 Å². The van der Waals surface area contributed by atoms with Gasteiger partial charge in [0.05, 0.1) is 0 Å². The molecule has 0 aliphatic carbocycles. The molecule has 0 amide bonds. The van der Waals surface area contributed by atoms with E-state index in [0.29, 0.717) is 12.0 Å². The largest absolute Gasteiger partial charge is 0.312 e. The molecule has 0 bridgehead atoms. The minimum absolute atomic E-state index is 0.400. The van der Waals surface area contributed by atoms with Crippen molar-refractivity contribution in [3.8, 4) is 10.4 Å². The van der Waals surface area contributed by atoms with Gasteiger partial charge in [-0.15, -0.1) is 11.3 Å². The molecular formula is C15H17BrClNS. The number of hydrogen-bond acceptors (Lipinski definition) is 2. The molecule has 1 aromatic carbocycles. The van der Waals surface area contributed by atoms with Gasteiger partial charge in [-0.25, -0.2) is 0 Å². The van der Waals surface area contributed by atoms with Crippen molar-refractivity contribution in [1.29, 1.82) is 0 Å². The lowest BCUT2D eigenvalue weighted by molar-refractivity contribution is 0.449. The third kappa shape index (κ3) is 3.40. The van der Waals surface area contributed by atoms with Crippen LogP contribution in [-0.4, -0.2) is 7.05 Å². The second-order valence-corrected chi connectivity index (χ2v) is 7.24. The molecule has 0 saturated heterocycles. The predicted octanol–water partition coefficient (Wildman–Crippen LogP) is 5.75. The lowest BCUT2D eigenvalue weighted by atomic mass is 10.0. The average Bonchev–Trinajstić information content (AvgIpc) is 2.82. The summed E-state index contributed by atoms with van der Waals surface area (Å²) in [6.45, 7) is 4.46. The first-order valence-corrected chi connectivity index (χ1v) is 8.24. The predicted molar refractivity (Wildman–Crippen MR) is 89.1 cm³/mol. The van der Waals surface area contributed by atoms with E-state index in [-0.39, 0.29) is 0 Å². The zero-order valence-electron chi connectivity index (χ0n) is 11.2. The fraction of sp³-hybridized carbons (Fsp3) is 0.333. The third-order valence-electron chi connectivity index (χ3n) is 3.10. The Kier molecular flexibility index (Phi) is 5.07. The summed E-state index contributed by atoms with van der Waals surface area (Å²) in [4.78, 5) is 2.60. The lowest BCUT2D eigenvalue weighted by Crippen LogP contribution is -2.20. The Labute approximate surface area is 132 Å². The summed E-state index contributed by atoms with van der Waals surface area (Å²) >= 11 is 11.5. The van der Waals surface area contributed by atoms with Crippen LogP contribution in [0.3, 0.4) is 0 Å². The maximum Gasteiger partial charge on any atom is 0.0435 e. The molecule has 0 aliphatic rings. The number of thiophene rings is 1. The van der Waals surface area contributed by atoms with Crippen molar-refractivity contribution in [3.63, 3.8) is 0 Å². The summed E-state index contributed by atoms with van der Waals surface area (Å²) in [5.74, 6) is 0.569. The summed E-state index contributed by atoms with van der Waals surface area (Å²) in [6, 6.07) is 10.7. The molecule has 0 radical (unpaired) electrons. The van der Waals surface area contributed by atoms with E-state index < -0.39 is 0 Å². The minimum atomic E-state index is 0.400. The number of benzene rings is 1. The smallest absolute Gasteiger partial charge is 0.0435 e. The van der Waals surface area contributed by atoms with Crippen LogP contribution in [0, 0.1) is 5.92 Å². The summed E-state index contributed by atoms with van der Waals surface area (Å²) in [7, 11) is 2.01. The van der Waals surface area contributed by atoms with Gasteiger partial charge in [-0.3, -0.25) is 0 Å². The molecule has 19 heavy (non-hydrogen) atoms. The molecule has 0 aliphatic heterocycles. The van der Waals surface area contributed by atoms with Gasteiger partial charge in [0.1, 0.15) is 0 Å². The monoisotopic (exact) mass is 357 g/mol. The molecule has 1 atom stereocenters. The van der Waals surface area contributed by atoms with Crippen LogP contribution >= 0.6 is 38.9 Å². The Balaban J connectivity index is 2.38. The highest BCUT2D eigenvalue weighted by molar-refractivity contribution is 9.10. The number of hydrogen-bond donors (Lipinski definition) is 1. The second-order valence-electron chi connectivity index (χ2n) is 4.84. The maximum absolute atomic E-state index is 6.09. The van der Waals surface area contributed by atoms with Crippen LogP contribution in [0.2, 0.25) is 5.02 Å². The van der Waals surface area contributed by atoms with Crippen molar-refractivity contribution in [2.45, 2.75) is 19.9 Å². The van der Waals surface area contributed by atoms with Crippen molar-refractivity contribution in [2.75, 3.05) is 7.05 Å². The standard InChI is InChI=1S/C15H17BrClNS/c1-9(2)15(18-3)14-7-6-13(19-14)11-8-10(17)4-5-12(11)16/h4-9,15,18H,1-3H3. The SMILES string of the molecule is CNC(c1ccc(-c2cc(Cl)ccc2Br)s1)C(C)C. The molecular weight excluding hydrogens is 342 g/mol. The van der Waals surface area contributed by atoms with E-state index in [4.69, 9.17) is 11.6 Å². The third-order valence-corrected chi connectivity index (χ3v) is 5.23. The second kappa shape index (κ2) is 6.40. The molecule has 1 heterocycles. The van der Waals surface area contributed by atoms with Gasteiger partial charge in [0, 0.05) is 30.9 Å². The van der Waals surface area contributed by atoms with Crippen LogP contribution in [0.25, 0.3) is 10.4 Å². The molecule has 1 aromatic heterocycles. The minimum Gasteiger partial charge on any atom is -0.312 e. The highest BCUT2D eigenvalue weighted by Crippen LogP contribution is 2.38. The Morgan fingerprint density at radius 3 is 2.58 bits per heavy atom. The first kappa shape index (κ1) is 15.0. The fourth-order valence-electron chi connectivity index (χ4n) is 2.16. The first-order valence-electron chi connectivity index (χ1n) is 6.25. The van der Waals surface area contributed by atoms with Gasteiger partial charge >= 0.3 is 0 Å². The van der Waals surface area contributed by atoms with E-state index in [2.05, 4.69) is 47.2 Å². The highest BCUT2D eigenvalue weighted by atomic mass is 79.9. The van der Waals surface area contributed by atoms with Crippen molar-refractivity contribution in [3.05, 3.63) is 44.7 Å². The van der Waals surface area contributed by atoms with Crippen LogP contribution in [-0.2, 0) is 0 Å². The molecule has 2 aromatic rings. The summed E-state index contributed by atoms with van der Waals surface area (Å²) in [6.07, 6.45) is 0. The number of rotatable bonds is 4. The van der Waals surface area contributed by atoms with Gasteiger partial charge in [-0.2, -0.15) is 0 Å². The molecule has 0 saturated carbocycles. The van der Waals surface area contributed by atoms with Gasteiger partial charge in [0.2, 0.25) is 0 Å². The molecule has 4 heteroatoms. The zero-order valence-corrected chi connectivity index (χ0v) is 14.4. The molecule has 102 valence electrons. The molecule has 1 nitrogen and oxygen atoms in total. The van der Waals surface area contributed by atoms with Crippen molar-refractivity contribution < 1.29 is 0 Å². The molecule has 2 rings (SSSR count). The highest BCUT2D eigenvalue weighted by Gasteiger charge is 2.16. The van der Waals surface area contributed by atoms with Crippen LogP contribution in [0.15, 0.2) is 34.8 Å². The zero-order chi connectivity index (χ0) is 14.0. The molecule has 0 spiro atoms. The van der Waals surface area contributed by atoms with Crippen LogP contribution in [0.5, 0.6) is 0 Å². The fourth-order valence-corrected chi connectivity index (χ4v) is 4.24. The Morgan fingerprint density at radius 1 is 1.21 bits per heavy atom. The Bertz CT molecular complexity index is 565. The molecule has 1 N–H and O–H groups in total. The lowest BCUT2D eigenvalue weighted by Gasteiger charge is -2.18. The van der Waals surface area contributed by atoms with Gasteiger partial charge < -0.3 is 5.32 Å². The summed E-state index contributed by atoms with van der Waals surface area (Å²) in [5, 5.41) is 4.15. The van der Waals surface area contributed by atoms with Crippen molar-refractivity contribution >= 4 is 38.9 Å².